The Balaban J connectivity index is 1.59. The summed E-state index contributed by atoms with van der Waals surface area (Å²) in [7, 11) is 0. The lowest BCUT2D eigenvalue weighted by Crippen LogP contribution is -2.32. The molecule has 1 saturated carbocycles. The van der Waals surface area contributed by atoms with E-state index < -0.39 is 0 Å². The van der Waals surface area contributed by atoms with Crippen LogP contribution in [0.5, 0.6) is 0 Å². The van der Waals surface area contributed by atoms with Gasteiger partial charge in [0.05, 0.1) is 18.0 Å². The van der Waals surface area contributed by atoms with E-state index in [9.17, 15) is 9.59 Å². The van der Waals surface area contributed by atoms with Gasteiger partial charge in [-0.2, -0.15) is 5.10 Å². The van der Waals surface area contributed by atoms with Gasteiger partial charge in [0.1, 0.15) is 0 Å². The van der Waals surface area contributed by atoms with Crippen molar-refractivity contribution in [3.05, 3.63) is 17.5 Å². The highest BCUT2D eigenvalue weighted by Crippen LogP contribution is 2.38. The predicted molar refractivity (Wildman–Crippen MR) is 73.8 cm³/mol. The Morgan fingerprint density at radius 3 is 2.45 bits per heavy atom. The van der Waals surface area contributed by atoms with Crippen molar-refractivity contribution >= 4 is 11.8 Å². The molecule has 1 aromatic rings. The average molecular weight is 275 g/mol. The third kappa shape index (κ3) is 2.25. The Labute approximate surface area is 118 Å². The summed E-state index contributed by atoms with van der Waals surface area (Å²) in [6, 6.07) is 0. The molecule has 2 atom stereocenters. The molecule has 1 aliphatic heterocycles. The first-order valence-corrected chi connectivity index (χ1v) is 7.52. The van der Waals surface area contributed by atoms with Crippen molar-refractivity contribution < 1.29 is 9.59 Å². The quantitative estimate of drug-likeness (QED) is 0.852. The number of hydrogen-bond donors (Lipinski definition) is 1. The molecule has 5 nitrogen and oxygen atoms in total. The molecule has 0 spiro atoms. The second-order valence-electron chi connectivity index (χ2n) is 5.95. The zero-order valence-corrected chi connectivity index (χ0v) is 11.9. The number of hydrogen-bond acceptors (Lipinski definition) is 3. The van der Waals surface area contributed by atoms with Crippen molar-refractivity contribution in [3.8, 4) is 0 Å². The fourth-order valence-electron chi connectivity index (χ4n) is 3.51. The number of imide groups is 1. The molecule has 1 aromatic heterocycles. The minimum Gasteiger partial charge on any atom is -0.283 e. The molecular formula is C15H21N3O2. The summed E-state index contributed by atoms with van der Waals surface area (Å²) in [5.74, 6) is 0.103. The van der Waals surface area contributed by atoms with E-state index in [1.165, 1.54) is 10.5 Å². The summed E-state index contributed by atoms with van der Waals surface area (Å²) in [5.41, 5.74) is 2.24. The van der Waals surface area contributed by atoms with Crippen LogP contribution in [0.1, 0.15) is 43.4 Å². The SMILES string of the molecule is Cc1[nH]ncc1CCCN1C(=O)C2CCCCC2C1=O. The van der Waals surface area contributed by atoms with Crippen molar-refractivity contribution in [1.82, 2.24) is 15.1 Å². The molecule has 3 rings (SSSR count). The predicted octanol–water partition coefficient (Wildman–Crippen LogP) is 1.83. The van der Waals surface area contributed by atoms with Crippen LogP contribution in [0.4, 0.5) is 0 Å². The van der Waals surface area contributed by atoms with E-state index in [0.717, 1.165) is 44.2 Å². The van der Waals surface area contributed by atoms with Crippen LogP contribution < -0.4 is 0 Å². The Bertz CT molecular complexity index is 499. The fraction of sp³-hybridized carbons (Fsp3) is 0.667. The number of rotatable bonds is 4. The van der Waals surface area contributed by atoms with Crippen LogP contribution in [0, 0.1) is 18.8 Å². The molecule has 2 heterocycles. The number of carbonyl (C=O) groups is 2. The highest BCUT2D eigenvalue weighted by atomic mass is 16.2. The fourth-order valence-corrected chi connectivity index (χ4v) is 3.51. The van der Waals surface area contributed by atoms with Gasteiger partial charge in [0.2, 0.25) is 11.8 Å². The van der Waals surface area contributed by atoms with Crippen LogP contribution >= 0.6 is 0 Å². The summed E-state index contributed by atoms with van der Waals surface area (Å²) >= 11 is 0. The molecule has 0 bridgehead atoms. The van der Waals surface area contributed by atoms with E-state index >= 15 is 0 Å². The number of aromatic nitrogens is 2. The highest BCUT2D eigenvalue weighted by Gasteiger charge is 2.47. The third-order valence-electron chi connectivity index (χ3n) is 4.69. The minimum atomic E-state index is -0.0214. The maximum Gasteiger partial charge on any atom is 0.233 e. The first-order valence-electron chi connectivity index (χ1n) is 7.52. The lowest BCUT2D eigenvalue weighted by molar-refractivity contribution is -0.139. The highest BCUT2D eigenvalue weighted by molar-refractivity contribution is 6.05. The molecule has 2 fully saturated rings. The van der Waals surface area contributed by atoms with Gasteiger partial charge in [0, 0.05) is 12.2 Å². The number of carbonyl (C=O) groups excluding carboxylic acids is 2. The molecule has 1 N–H and O–H groups in total. The molecule has 2 amide bonds. The van der Waals surface area contributed by atoms with Gasteiger partial charge >= 0.3 is 0 Å². The van der Waals surface area contributed by atoms with Crippen molar-refractivity contribution in [1.29, 1.82) is 0 Å². The van der Waals surface area contributed by atoms with Crippen molar-refractivity contribution in [2.75, 3.05) is 6.54 Å². The maximum absolute atomic E-state index is 12.3. The molecule has 1 saturated heterocycles. The van der Waals surface area contributed by atoms with E-state index in [0.29, 0.717) is 6.54 Å². The van der Waals surface area contributed by atoms with Gasteiger partial charge in [-0.1, -0.05) is 12.8 Å². The number of aryl methyl sites for hydroxylation is 2. The monoisotopic (exact) mass is 275 g/mol. The number of nitrogens with zero attached hydrogens (tertiary/aromatic N) is 2. The van der Waals surface area contributed by atoms with Crippen molar-refractivity contribution in [3.63, 3.8) is 0 Å². The summed E-state index contributed by atoms with van der Waals surface area (Å²) in [6.07, 6.45) is 7.46. The first kappa shape index (κ1) is 13.3. The number of likely N-dealkylation sites (tertiary alicyclic amines) is 1. The normalized spacial score (nSPS) is 26.1. The molecule has 5 heteroatoms. The molecule has 1 aliphatic carbocycles. The van der Waals surface area contributed by atoms with Crippen LogP contribution in [-0.4, -0.2) is 33.5 Å². The Kier molecular flexibility index (Phi) is 3.59. The number of nitrogens with one attached hydrogen (secondary N) is 1. The van der Waals surface area contributed by atoms with E-state index in [1.54, 1.807) is 0 Å². The Morgan fingerprint density at radius 1 is 1.25 bits per heavy atom. The second-order valence-corrected chi connectivity index (χ2v) is 5.95. The lowest BCUT2D eigenvalue weighted by Gasteiger charge is -2.19. The molecule has 2 unspecified atom stereocenters. The van der Waals surface area contributed by atoms with Gasteiger partial charge in [-0.3, -0.25) is 19.6 Å². The van der Waals surface area contributed by atoms with Gasteiger partial charge in [0.15, 0.2) is 0 Å². The Morgan fingerprint density at radius 2 is 1.90 bits per heavy atom. The van der Waals surface area contributed by atoms with Gasteiger partial charge in [0.25, 0.3) is 0 Å². The second kappa shape index (κ2) is 5.38. The third-order valence-corrected chi connectivity index (χ3v) is 4.69. The topological polar surface area (TPSA) is 66.1 Å². The smallest absolute Gasteiger partial charge is 0.233 e. The standard InChI is InChI=1S/C15H21N3O2/c1-10-11(9-16-17-10)5-4-8-18-14(19)12-6-2-3-7-13(12)15(18)20/h9,12-13H,2-8H2,1H3,(H,16,17). The molecule has 0 radical (unpaired) electrons. The van der Waals surface area contributed by atoms with Gasteiger partial charge in [-0.25, -0.2) is 0 Å². The summed E-state index contributed by atoms with van der Waals surface area (Å²) in [6.45, 7) is 2.54. The molecular weight excluding hydrogens is 254 g/mol. The zero-order chi connectivity index (χ0) is 14.1. The van der Waals surface area contributed by atoms with Crippen LogP contribution in [0.2, 0.25) is 0 Å². The average Bonchev–Trinajstić information content (AvgIpc) is 2.97. The van der Waals surface area contributed by atoms with E-state index in [1.807, 2.05) is 13.1 Å². The van der Waals surface area contributed by atoms with E-state index in [-0.39, 0.29) is 23.7 Å². The first-order chi connectivity index (χ1) is 9.68. The van der Waals surface area contributed by atoms with Gasteiger partial charge in [-0.15, -0.1) is 0 Å². The number of amides is 2. The van der Waals surface area contributed by atoms with E-state index in [2.05, 4.69) is 10.2 Å². The summed E-state index contributed by atoms with van der Waals surface area (Å²) in [4.78, 5) is 26.1. The molecule has 20 heavy (non-hydrogen) atoms. The number of fused-ring (bicyclic) bond motifs is 1. The molecule has 2 aliphatic rings. The summed E-state index contributed by atoms with van der Waals surface area (Å²) < 4.78 is 0. The van der Waals surface area contributed by atoms with Crippen LogP contribution in [-0.2, 0) is 16.0 Å². The van der Waals surface area contributed by atoms with Gasteiger partial charge in [-0.05, 0) is 38.2 Å². The van der Waals surface area contributed by atoms with Gasteiger partial charge < -0.3 is 0 Å². The van der Waals surface area contributed by atoms with Crippen molar-refractivity contribution in [2.24, 2.45) is 11.8 Å². The van der Waals surface area contributed by atoms with Crippen LogP contribution in [0.3, 0.4) is 0 Å². The number of H-pyrrole nitrogens is 1. The zero-order valence-electron chi connectivity index (χ0n) is 11.9. The Hall–Kier alpha value is -1.65. The van der Waals surface area contributed by atoms with Crippen LogP contribution in [0.15, 0.2) is 6.20 Å². The molecule has 108 valence electrons. The summed E-state index contributed by atoms with van der Waals surface area (Å²) in [5, 5.41) is 6.90. The lowest BCUT2D eigenvalue weighted by atomic mass is 9.81. The largest absolute Gasteiger partial charge is 0.283 e. The van der Waals surface area contributed by atoms with E-state index in [4.69, 9.17) is 0 Å². The maximum atomic E-state index is 12.3. The van der Waals surface area contributed by atoms with Crippen molar-refractivity contribution in [2.45, 2.75) is 45.4 Å². The molecule has 0 aromatic carbocycles. The number of aromatic amines is 1. The minimum absolute atomic E-state index is 0.0214. The van der Waals surface area contributed by atoms with Crippen LogP contribution in [0.25, 0.3) is 0 Å².